The quantitative estimate of drug-likeness (QED) is 0.372. The number of hydrogen-bond donors (Lipinski definition) is 2. The number of nitrogens with zero attached hydrogens (tertiary/aromatic N) is 3. The predicted octanol–water partition coefficient (Wildman–Crippen LogP) is 3.19. The van der Waals surface area contributed by atoms with Crippen LogP contribution in [0.4, 0.5) is 0 Å². The third kappa shape index (κ3) is 4.68. The van der Waals surface area contributed by atoms with Crippen molar-refractivity contribution in [2.75, 3.05) is 7.05 Å². The molecule has 0 radical (unpaired) electrons. The molecule has 0 aromatic carbocycles. The highest BCUT2D eigenvalue weighted by Crippen LogP contribution is 2.14. The zero-order valence-corrected chi connectivity index (χ0v) is 16.3. The summed E-state index contributed by atoms with van der Waals surface area (Å²) in [5, 5.41) is 6.61. The Balaban J connectivity index is 0.00000192. The van der Waals surface area contributed by atoms with Gasteiger partial charge in [-0.1, -0.05) is 6.07 Å². The zero-order chi connectivity index (χ0) is 15.4. The van der Waals surface area contributed by atoms with Crippen LogP contribution >= 0.6 is 35.3 Å². The van der Waals surface area contributed by atoms with Gasteiger partial charge in [-0.2, -0.15) is 0 Å². The van der Waals surface area contributed by atoms with Gasteiger partial charge in [0.05, 0.1) is 18.8 Å². The van der Waals surface area contributed by atoms with Crippen LogP contribution in [0.15, 0.2) is 47.7 Å². The van der Waals surface area contributed by atoms with Crippen molar-refractivity contribution in [2.45, 2.75) is 20.0 Å². The van der Waals surface area contributed by atoms with Crippen LogP contribution in [0.3, 0.4) is 0 Å². The van der Waals surface area contributed by atoms with Crippen LogP contribution < -0.4 is 10.6 Å². The van der Waals surface area contributed by atoms with Gasteiger partial charge < -0.3 is 15.0 Å². The number of aryl methyl sites for hydroxylation is 1. The largest absolute Gasteiger partial charge is 0.352 e. The van der Waals surface area contributed by atoms with Crippen molar-refractivity contribution in [2.24, 2.45) is 4.99 Å². The van der Waals surface area contributed by atoms with E-state index in [2.05, 4.69) is 39.7 Å². The average molecular weight is 441 g/mol. The van der Waals surface area contributed by atoms with Gasteiger partial charge in [0, 0.05) is 29.2 Å². The van der Waals surface area contributed by atoms with Crippen molar-refractivity contribution in [3.63, 3.8) is 0 Å². The summed E-state index contributed by atoms with van der Waals surface area (Å²) in [5.41, 5.74) is 1.94. The van der Waals surface area contributed by atoms with Crippen molar-refractivity contribution >= 4 is 46.9 Å². The fourth-order valence-electron chi connectivity index (χ4n) is 2.22. The van der Waals surface area contributed by atoms with E-state index in [1.807, 2.05) is 35.0 Å². The van der Waals surface area contributed by atoms with Crippen LogP contribution in [-0.4, -0.2) is 22.4 Å². The van der Waals surface area contributed by atoms with E-state index in [1.165, 1.54) is 9.75 Å². The second-order valence-corrected chi connectivity index (χ2v) is 6.36. The lowest BCUT2D eigenvalue weighted by Gasteiger charge is -2.09. The maximum Gasteiger partial charge on any atom is 0.191 e. The van der Waals surface area contributed by atoms with Gasteiger partial charge in [0.2, 0.25) is 0 Å². The van der Waals surface area contributed by atoms with Gasteiger partial charge in [-0.3, -0.25) is 4.99 Å². The molecule has 7 heteroatoms. The molecule has 0 aliphatic carbocycles. The lowest BCUT2D eigenvalue weighted by Crippen LogP contribution is -2.36. The molecule has 2 N–H and O–H groups in total. The molecule has 5 nitrogen and oxygen atoms in total. The summed E-state index contributed by atoms with van der Waals surface area (Å²) in [6.45, 7) is 3.54. The molecular formula is C16H20IN5S. The van der Waals surface area contributed by atoms with Gasteiger partial charge in [-0.15, -0.1) is 35.3 Å². The third-order valence-electron chi connectivity index (χ3n) is 3.30. The smallest absolute Gasteiger partial charge is 0.191 e. The van der Waals surface area contributed by atoms with Crippen molar-refractivity contribution < 1.29 is 0 Å². The molecular weight excluding hydrogens is 421 g/mol. The van der Waals surface area contributed by atoms with Crippen LogP contribution in [-0.2, 0) is 13.1 Å². The Labute approximate surface area is 156 Å². The summed E-state index contributed by atoms with van der Waals surface area (Å²) < 4.78 is 2.02. The summed E-state index contributed by atoms with van der Waals surface area (Å²) in [7, 11) is 1.78. The first-order chi connectivity index (χ1) is 10.7. The summed E-state index contributed by atoms with van der Waals surface area (Å²) in [5.74, 6) is 0.781. The van der Waals surface area contributed by atoms with Gasteiger partial charge in [-0.05, 0) is 31.2 Å². The molecule has 0 aliphatic rings. The topological polar surface area (TPSA) is 53.7 Å². The maximum atomic E-state index is 4.56. The first-order valence-electron chi connectivity index (χ1n) is 7.17. The standard InChI is InChI=1S/C16H19N5S.HI/c1-12-6-7-14(22-12)10-19-16(17-2)18-9-13-11-21-8-4-3-5-15(21)20-13;/h3-8,11H,9-10H2,1-2H3,(H2,17,18,19);1H. The molecule has 0 fully saturated rings. The number of halogens is 1. The van der Waals surface area contributed by atoms with E-state index in [0.29, 0.717) is 6.54 Å². The number of guanidine groups is 1. The number of pyridine rings is 1. The molecule has 0 bridgehead atoms. The monoisotopic (exact) mass is 441 g/mol. The lowest BCUT2D eigenvalue weighted by molar-refractivity contribution is 0.804. The maximum absolute atomic E-state index is 4.56. The van der Waals surface area contributed by atoms with Crippen molar-refractivity contribution in [3.8, 4) is 0 Å². The molecule has 0 saturated heterocycles. The third-order valence-corrected chi connectivity index (χ3v) is 4.30. The number of aromatic nitrogens is 2. The molecule has 0 aliphatic heterocycles. The van der Waals surface area contributed by atoms with Crippen molar-refractivity contribution in [3.05, 3.63) is 58.2 Å². The second-order valence-electron chi connectivity index (χ2n) is 4.99. The van der Waals surface area contributed by atoms with Crippen LogP contribution in [0.2, 0.25) is 0 Å². The minimum atomic E-state index is 0. The average Bonchev–Trinajstić information content (AvgIpc) is 3.13. The first-order valence-corrected chi connectivity index (χ1v) is 7.99. The number of thiophene rings is 1. The van der Waals surface area contributed by atoms with E-state index in [-0.39, 0.29) is 24.0 Å². The number of aliphatic imine (C=N–C) groups is 1. The second kappa shape index (κ2) is 8.30. The number of nitrogens with one attached hydrogen (secondary N) is 2. The highest BCUT2D eigenvalue weighted by molar-refractivity contribution is 14.0. The number of hydrogen-bond acceptors (Lipinski definition) is 3. The van der Waals surface area contributed by atoms with Gasteiger partial charge in [-0.25, -0.2) is 4.98 Å². The number of rotatable bonds is 4. The molecule has 3 aromatic heterocycles. The van der Waals surface area contributed by atoms with Crippen LogP contribution in [0, 0.1) is 6.92 Å². The summed E-state index contributed by atoms with van der Waals surface area (Å²) in [6, 6.07) is 10.3. The van der Waals surface area contributed by atoms with E-state index >= 15 is 0 Å². The fraction of sp³-hybridized carbons (Fsp3) is 0.250. The van der Waals surface area contributed by atoms with Crippen LogP contribution in [0.1, 0.15) is 15.4 Å². The van der Waals surface area contributed by atoms with Gasteiger partial charge in [0.25, 0.3) is 0 Å². The van der Waals surface area contributed by atoms with E-state index in [9.17, 15) is 0 Å². The highest BCUT2D eigenvalue weighted by Gasteiger charge is 2.03. The molecule has 0 amide bonds. The SMILES string of the molecule is CN=C(NCc1cn2ccccc2n1)NCc1ccc(C)s1.I. The normalized spacial score (nSPS) is 11.3. The Bertz CT molecular complexity index is 759. The molecule has 0 saturated carbocycles. The Kier molecular flexibility index (Phi) is 6.40. The summed E-state index contributed by atoms with van der Waals surface area (Å²) in [4.78, 5) is 11.4. The van der Waals surface area contributed by atoms with E-state index < -0.39 is 0 Å². The molecule has 3 aromatic rings. The molecule has 3 heterocycles. The van der Waals surface area contributed by atoms with Gasteiger partial charge >= 0.3 is 0 Å². The fourth-order valence-corrected chi connectivity index (χ4v) is 3.05. The number of imidazole rings is 1. The van der Waals surface area contributed by atoms with E-state index in [4.69, 9.17) is 0 Å². The molecule has 0 atom stereocenters. The van der Waals surface area contributed by atoms with Crippen molar-refractivity contribution in [1.29, 1.82) is 0 Å². The van der Waals surface area contributed by atoms with Gasteiger partial charge in [0.1, 0.15) is 5.65 Å². The zero-order valence-electron chi connectivity index (χ0n) is 13.1. The molecule has 23 heavy (non-hydrogen) atoms. The van der Waals surface area contributed by atoms with E-state index in [1.54, 1.807) is 18.4 Å². The lowest BCUT2D eigenvalue weighted by atomic mass is 10.4. The number of fused-ring (bicyclic) bond motifs is 1. The summed E-state index contributed by atoms with van der Waals surface area (Å²) >= 11 is 1.80. The highest BCUT2D eigenvalue weighted by atomic mass is 127. The first kappa shape index (κ1) is 17.7. The minimum Gasteiger partial charge on any atom is -0.352 e. The Morgan fingerprint density at radius 2 is 2.04 bits per heavy atom. The predicted molar refractivity (Wildman–Crippen MR) is 107 cm³/mol. The van der Waals surface area contributed by atoms with Crippen LogP contribution in [0.25, 0.3) is 5.65 Å². The van der Waals surface area contributed by atoms with Crippen molar-refractivity contribution in [1.82, 2.24) is 20.0 Å². The van der Waals surface area contributed by atoms with E-state index in [0.717, 1.165) is 23.8 Å². The molecule has 0 spiro atoms. The minimum absolute atomic E-state index is 0. The van der Waals surface area contributed by atoms with Gasteiger partial charge in [0.15, 0.2) is 5.96 Å². The van der Waals surface area contributed by atoms with Crippen LogP contribution in [0.5, 0.6) is 0 Å². The molecule has 122 valence electrons. The summed E-state index contributed by atoms with van der Waals surface area (Å²) in [6.07, 6.45) is 4.02. The molecule has 3 rings (SSSR count). The Morgan fingerprint density at radius 1 is 1.22 bits per heavy atom. The Morgan fingerprint density at radius 3 is 2.74 bits per heavy atom. The Hall–Kier alpha value is -1.61. The molecule has 0 unspecified atom stereocenters.